The molecule has 2 aromatic rings. The number of nitrogens with zero attached hydrogens (tertiary/aromatic N) is 1. The van der Waals surface area contributed by atoms with Gasteiger partial charge < -0.3 is 10.1 Å². The lowest BCUT2D eigenvalue weighted by molar-refractivity contribution is -0.115. The first-order chi connectivity index (χ1) is 12.3. The van der Waals surface area contributed by atoms with E-state index < -0.39 is 10.0 Å². The largest absolute Gasteiger partial charge is 0.491 e. The maximum atomic E-state index is 12.4. The predicted molar refractivity (Wildman–Crippen MR) is 104 cm³/mol. The molecule has 0 aliphatic carbocycles. The zero-order valence-corrected chi connectivity index (χ0v) is 16.0. The van der Waals surface area contributed by atoms with Crippen molar-refractivity contribution in [2.45, 2.75) is 26.4 Å². The van der Waals surface area contributed by atoms with Crippen LogP contribution in [0.15, 0.2) is 54.6 Å². The van der Waals surface area contributed by atoms with Crippen molar-refractivity contribution >= 4 is 27.3 Å². The Hall–Kier alpha value is -2.54. The Kier molecular flexibility index (Phi) is 6.63. The van der Waals surface area contributed by atoms with Crippen LogP contribution in [0.25, 0.3) is 0 Å². The average Bonchev–Trinajstić information content (AvgIpc) is 2.61. The van der Waals surface area contributed by atoms with Crippen LogP contribution < -0.4 is 14.4 Å². The summed E-state index contributed by atoms with van der Waals surface area (Å²) in [6.07, 6.45) is -0.0497. The number of ether oxygens (including phenoxy) is 1. The van der Waals surface area contributed by atoms with Crippen LogP contribution in [0.5, 0.6) is 5.75 Å². The lowest BCUT2D eigenvalue weighted by atomic mass is 10.3. The van der Waals surface area contributed by atoms with Crippen LogP contribution in [0.2, 0.25) is 0 Å². The van der Waals surface area contributed by atoms with Crippen LogP contribution in [0.3, 0.4) is 0 Å². The van der Waals surface area contributed by atoms with Gasteiger partial charge in [0.2, 0.25) is 15.9 Å². The number of sulfonamides is 1. The van der Waals surface area contributed by atoms with Crippen molar-refractivity contribution in [2.24, 2.45) is 0 Å². The lowest BCUT2D eigenvalue weighted by Gasteiger charge is -2.19. The van der Waals surface area contributed by atoms with Crippen LogP contribution >= 0.6 is 0 Å². The maximum absolute atomic E-state index is 12.4. The zero-order chi connectivity index (χ0) is 19.2. The fraction of sp³-hybridized carbons (Fsp3) is 0.316. The van der Waals surface area contributed by atoms with E-state index in [1.54, 1.807) is 48.5 Å². The molecule has 0 spiro atoms. The van der Waals surface area contributed by atoms with Crippen LogP contribution in [0.4, 0.5) is 11.4 Å². The number of hydrogen-bond donors (Lipinski definition) is 1. The highest BCUT2D eigenvalue weighted by Crippen LogP contribution is 2.18. The Labute approximate surface area is 154 Å². The minimum absolute atomic E-state index is 0.0715. The second-order valence-electron chi connectivity index (χ2n) is 6.11. The summed E-state index contributed by atoms with van der Waals surface area (Å²) in [5.74, 6) is 0.0938. The summed E-state index contributed by atoms with van der Waals surface area (Å²) < 4.78 is 31.5. The molecule has 0 fully saturated rings. The van der Waals surface area contributed by atoms with Gasteiger partial charge >= 0.3 is 0 Å². The van der Waals surface area contributed by atoms with Gasteiger partial charge in [0.05, 0.1) is 17.5 Å². The van der Waals surface area contributed by atoms with Gasteiger partial charge in [-0.1, -0.05) is 18.2 Å². The average molecular weight is 376 g/mol. The first-order valence-electron chi connectivity index (χ1n) is 8.36. The van der Waals surface area contributed by atoms with Crippen LogP contribution in [0, 0.1) is 0 Å². The van der Waals surface area contributed by atoms with E-state index in [0.29, 0.717) is 17.1 Å². The van der Waals surface area contributed by atoms with Crippen LogP contribution in [-0.4, -0.2) is 33.2 Å². The summed E-state index contributed by atoms with van der Waals surface area (Å²) in [4.78, 5) is 12.1. The van der Waals surface area contributed by atoms with Crippen molar-refractivity contribution < 1.29 is 17.9 Å². The molecule has 0 unspecified atom stereocenters. The number of benzene rings is 2. The Morgan fingerprint density at radius 1 is 1.08 bits per heavy atom. The molecule has 0 aromatic heterocycles. The topological polar surface area (TPSA) is 75.7 Å². The summed E-state index contributed by atoms with van der Waals surface area (Å²) >= 11 is 0. The number of carbonyl (C=O) groups is 1. The molecule has 7 heteroatoms. The monoisotopic (exact) mass is 376 g/mol. The van der Waals surface area contributed by atoms with Gasteiger partial charge in [0.15, 0.2) is 0 Å². The molecule has 0 aliphatic heterocycles. The van der Waals surface area contributed by atoms with Gasteiger partial charge in [0.1, 0.15) is 5.75 Å². The second-order valence-corrected chi connectivity index (χ2v) is 8.23. The molecule has 0 saturated heterocycles. The molecule has 0 bridgehead atoms. The minimum atomic E-state index is -3.57. The van der Waals surface area contributed by atoms with Crippen molar-refractivity contribution in [1.82, 2.24) is 0 Å². The fourth-order valence-corrected chi connectivity index (χ4v) is 3.43. The van der Waals surface area contributed by atoms with Gasteiger partial charge in [0.25, 0.3) is 0 Å². The Morgan fingerprint density at radius 3 is 2.27 bits per heavy atom. The van der Waals surface area contributed by atoms with Crippen molar-refractivity contribution in [1.29, 1.82) is 0 Å². The third-order valence-corrected chi connectivity index (χ3v) is 5.40. The normalized spacial score (nSPS) is 11.2. The van der Waals surface area contributed by atoms with Crippen LogP contribution in [-0.2, 0) is 14.8 Å². The van der Waals surface area contributed by atoms with Crippen molar-refractivity contribution in [3.8, 4) is 5.75 Å². The first-order valence-corrected chi connectivity index (χ1v) is 9.97. The third kappa shape index (κ3) is 5.77. The van der Waals surface area contributed by atoms with E-state index in [2.05, 4.69) is 5.32 Å². The number of nitrogens with one attached hydrogen (secondary N) is 1. The fourth-order valence-electron chi connectivity index (χ4n) is 2.27. The number of amides is 1. The first kappa shape index (κ1) is 19.8. The van der Waals surface area contributed by atoms with E-state index in [1.807, 2.05) is 19.9 Å². The third-order valence-electron chi connectivity index (χ3n) is 3.63. The molecular formula is C19H24N2O4S. The lowest BCUT2D eigenvalue weighted by Crippen LogP contribution is -2.30. The summed E-state index contributed by atoms with van der Waals surface area (Å²) in [5.41, 5.74) is 1.16. The van der Waals surface area contributed by atoms with E-state index in [9.17, 15) is 13.2 Å². The highest BCUT2D eigenvalue weighted by molar-refractivity contribution is 7.92. The van der Waals surface area contributed by atoms with E-state index in [0.717, 1.165) is 0 Å². The molecule has 0 radical (unpaired) electrons. The zero-order valence-electron chi connectivity index (χ0n) is 15.2. The van der Waals surface area contributed by atoms with Gasteiger partial charge in [-0.05, 0) is 50.2 Å². The molecule has 26 heavy (non-hydrogen) atoms. The second kappa shape index (κ2) is 8.71. The quantitative estimate of drug-likeness (QED) is 0.767. The van der Waals surface area contributed by atoms with E-state index in [-0.39, 0.29) is 24.2 Å². The molecule has 6 nitrogen and oxygen atoms in total. The molecule has 1 amide bonds. The van der Waals surface area contributed by atoms with Gasteiger partial charge in [-0.2, -0.15) is 0 Å². The Balaban J connectivity index is 1.89. The summed E-state index contributed by atoms with van der Waals surface area (Å²) in [5, 5.41) is 2.70. The minimum Gasteiger partial charge on any atom is -0.491 e. The molecule has 140 valence electrons. The van der Waals surface area contributed by atoms with E-state index in [1.165, 1.54) is 11.4 Å². The molecule has 2 aromatic carbocycles. The van der Waals surface area contributed by atoms with Gasteiger partial charge in [-0.3, -0.25) is 9.10 Å². The number of rotatable bonds is 8. The van der Waals surface area contributed by atoms with Gasteiger partial charge in [-0.25, -0.2) is 8.42 Å². The van der Waals surface area contributed by atoms with Crippen molar-refractivity contribution in [2.75, 3.05) is 22.4 Å². The number of anilines is 2. The predicted octanol–water partition coefficient (Wildman–Crippen LogP) is 3.27. The SMILES string of the molecule is CC(C)Oc1ccc(NC(=O)CCS(=O)(=O)N(C)c2ccccc2)cc1. The number of para-hydroxylation sites is 1. The molecule has 2 rings (SSSR count). The smallest absolute Gasteiger partial charge is 0.235 e. The standard InChI is InChI=1S/C19H24N2O4S/c1-15(2)25-18-11-9-16(10-12-18)20-19(22)13-14-26(23,24)21(3)17-7-5-4-6-8-17/h4-12,15H,13-14H2,1-3H3,(H,20,22). The number of hydrogen-bond acceptors (Lipinski definition) is 4. The summed E-state index contributed by atoms with van der Waals surface area (Å²) in [6, 6.07) is 15.7. The summed E-state index contributed by atoms with van der Waals surface area (Å²) in [6.45, 7) is 3.87. The van der Waals surface area contributed by atoms with Crippen molar-refractivity contribution in [3.05, 3.63) is 54.6 Å². The number of carbonyl (C=O) groups excluding carboxylic acids is 1. The molecule has 0 atom stereocenters. The van der Waals surface area contributed by atoms with Gasteiger partial charge in [-0.15, -0.1) is 0 Å². The van der Waals surface area contributed by atoms with E-state index in [4.69, 9.17) is 4.74 Å². The molecule has 0 saturated carbocycles. The summed E-state index contributed by atoms with van der Waals surface area (Å²) in [7, 11) is -2.09. The molecule has 0 heterocycles. The highest BCUT2D eigenvalue weighted by Gasteiger charge is 2.19. The van der Waals surface area contributed by atoms with E-state index >= 15 is 0 Å². The van der Waals surface area contributed by atoms with Gasteiger partial charge in [0, 0.05) is 19.2 Å². The molecule has 0 aliphatic rings. The molecular weight excluding hydrogens is 352 g/mol. The van der Waals surface area contributed by atoms with Crippen molar-refractivity contribution in [3.63, 3.8) is 0 Å². The Morgan fingerprint density at radius 2 is 1.69 bits per heavy atom. The Bertz CT molecular complexity index is 818. The van der Waals surface area contributed by atoms with Crippen LogP contribution in [0.1, 0.15) is 20.3 Å². The maximum Gasteiger partial charge on any atom is 0.235 e. The molecule has 1 N–H and O–H groups in total. The highest BCUT2D eigenvalue weighted by atomic mass is 32.2.